The summed E-state index contributed by atoms with van der Waals surface area (Å²) in [7, 11) is 1.65. The van der Waals surface area contributed by atoms with Crippen molar-refractivity contribution in [2.75, 3.05) is 7.11 Å². The second-order valence-electron chi connectivity index (χ2n) is 5.87. The molecule has 1 aromatic rings. The largest absolute Gasteiger partial charge is 0.496 e. The predicted octanol–water partition coefficient (Wildman–Crippen LogP) is 3.90. The summed E-state index contributed by atoms with van der Waals surface area (Å²) in [6.07, 6.45) is 0.840. The Morgan fingerprint density at radius 1 is 1.37 bits per heavy atom. The second-order valence-corrected chi connectivity index (χ2v) is 6.78. The molecule has 2 rings (SSSR count). The zero-order valence-electron chi connectivity index (χ0n) is 11.7. The molecule has 0 radical (unpaired) electrons. The highest BCUT2D eigenvalue weighted by atomic mass is 79.9. The molecule has 1 aliphatic rings. The van der Waals surface area contributed by atoms with Gasteiger partial charge in [-0.1, -0.05) is 22.0 Å². The van der Waals surface area contributed by atoms with Crippen molar-refractivity contribution in [1.29, 1.82) is 0 Å². The number of methoxy groups -OCH3 is 1. The summed E-state index contributed by atoms with van der Waals surface area (Å²) >= 11 is 3.42. The van der Waals surface area contributed by atoms with E-state index in [0.717, 1.165) is 22.2 Å². The second kappa shape index (κ2) is 5.16. The number of carbonyl (C=O) groups excluding carboxylic acids is 1. The van der Waals surface area contributed by atoms with E-state index in [9.17, 15) is 4.79 Å². The van der Waals surface area contributed by atoms with E-state index in [4.69, 9.17) is 9.47 Å². The number of carbonyl (C=O) groups is 1. The quantitative estimate of drug-likeness (QED) is 0.790. The molecule has 0 heterocycles. The third kappa shape index (κ3) is 3.50. The molecule has 1 aliphatic carbocycles. The molecule has 4 heteroatoms. The third-order valence-corrected chi connectivity index (χ3v) is 3.59. The van der Waals surface area contributed by atoms with Gasteiger partial charge in [-0.2, -0.15) is 0 Å². The molecule has 19 heavy (non-hydrogen) atoms. The standard InChI is InChI=1S/C15H19BrO3/c1-15(2,3)19-14(17)12-8-11(12)10-6-5-9(16)7-13(10)18-4/h5-7,11-12H,8H2,1-4H3. The van der Waals surface area contributed by atoms with Crippen LogP contribution in [-0.4, -0.2) is 18.7 Å². The summed E-state index contributed by atoms with van der Waals surface area (Å²) in [5, 5.41) is 0. The maximum atomic E-state index is 12.0. The van der Waals surface area contributed by atoms with E-state index in [1.807, 2.05) is 39.0 Å². The van der Waals surface area contributed by atoms with Crippen LogP contribution in [0.3, 0.4) is 0 Å². The maximum Gasteiger partial charge on any atom is 0.310 e. The van der Waals surface area contributed by atoms with Gasteiger partial charge < -0.3 is 9.47 Å². The van der Waals surface area contributed by atoms with Crippen LogP contribution < -0.4 is 4.74 Å². The first-order chi connectivity index (χ1) is 8.81. The van der Waals surface area contributed by atoms with Gasteiger partial charge in [-0.25, -0.2) is 0 Å². The highest BCUT2D eigenvalue weighted by Crippen LogP contribution is 2.51. The number of hydrogen-bond donors (Lipinski definition) is 0. The van der Waals surface area contributed by atoms with Crippen LogP contribution in [0.15, 0.2) is 22.7 Å². The van der Waals surface area contributed by atoms with Gasteiger partial charge in [0, 0.05) is 10.4 Å². The smallest absolute Gasteiger partial charge is 0.310 e. The lowest BCUT2D eigenvalue weighted by molar-refractivity contribution is -0.156. The molecule has 0 aromatic heterocycles. The lowest BCUT2D eigenvalue weighted by Crippen LogP contribution is -2.25. The Bertz CT molecular complexity index is 491. The van der Waals surface area contributed by atoms with E-state index < -0.39 is 5.60 Å². The van der Waals surface area contributed by atoms with Crippen molar-refractivity contribution in [2.24, 2.45) is 5.92 Å². The number of esters is 1. The fourth-order valence-electron chi connectivity index (χ4n) is 2.17. The number of rotatable bonds is 3. The van der Waals surface area contributed by atoms with Crippen LogP contribution in [0.1, 0.15) is 38.7 Å². The van der Waals surface area contributed by atoms with Crippen LogP contribution >= 0.6 is 15.9 Å². The van der Waals surface area contributed by atoms with E-state index in [-0.39, 0.29) is 17.8 Å². The van der Waals surface area contributed by atoms with Crippen LogP contribution in [0.4, 0.5) is 0 Å². The molecule has 1 fully saturated rings. The number of ether oxygens (including phenoxy) is 2. The van der Waals surface area contributed by atoms with Gasteiger partial charge >= 0.3 is 5.97 Å². The first-order valence-corrected chi connectivity index (χ1v) is 7.17. The Labute approximate surface area is 122 Å². The van der Waals surface area contributed by atoms with Gasteiger partial charge in [0.25, 0.3) is 0 Å². The molecular weight excluding hydrogens is 308 g/mol. The van der Waals surface area contributed by atoms with E-state index in [1.54, 1.807) is 7.11 Å². The molecule has 1 saturated carbocycles. The average molecular weight is 327 g/mol. The molecule has 2 unspecified atom stereocenters. The Kier molecular flexibility index (Phi) is 3.90. The minimum Gasteiger partial charge on any atom is -0.496 e. The van der Waals surface area contributed by atoms with E-state index in [1.165, 1.54) is 0 Å². The molecule has 104 valence electrons. The monoisotopic (exact) mass is 326 g/mol. The van der Waals surface area contributed by atoms with Crippen molar-refractivity contribution in [3.63, 3.8) is 0 Å². The highest BCUT2D eigenvalue weighted by Gasteiger charge is 2.47. The minimum atomic E-state index is -0.423. The molecular formula is C15H19BrO3. The molecule has 0 aliphatic heterocycles. The molecule has 0 saturated heterocycles. The van der Waals surface area contributed by atoms with E-state index in [2.05, 4.69) is 15.9 Å². The fraction of sp³-hybridized carbons (Fsp3) is 0.533. The molecule has 0 amide bonds. The molecule has 0 bridgehead atoms. The molecule has 0 N–H and O–H groups in total. The SMILES string of the molecule is COc1cc(Br)ccc1C1CC1C(=O)OC(C)(C)C. The van der Waals surface area contributed by atoms with Gasteiger partial charge in [-0.3, -0.25) is 4.79 Å². The summed E-state index contributed by atoms with van der Waals surface area (Å²) in [6.45, 7) is 5.67. The van der Waals surface area contributed by atoms with Crippen molar-refractivity contribution in [1.82, 2.24) is 0 Å². The Hall–Kier alpha value is -1.03. The fourth-order valence-corrected chi connectivity index (χ4v) is 2.51. The predicted molar refractivity (Wildman–Crippen MR) is 77.4 cm³/mol. The van der Waals surface area contributed by atoms with Crippen molar-refractivity contribution in [3.8, 4) is 5.75 Å². The van der Waals surface area contributed by atoms with Gasteiger partial charge in [0.15, 0.2) is 0 Å². The van der Waals surface area contributed by atoms with E-state index in [0.29, 0.717) is 0 Å². The molecule has 0 spiro atoms. The first kappa shape index (κ1) is 14.4. The van der Waals surface area contributed by atoms with Crippen LogP contribution in [0, 0.1) is 5.92 Å². The molecule has 3 nitrogen and oxygen atoms in total. The average Bonchev–Trinajstić information content (AvgIpc) is 3.06. The Morgan fingerprint density at radius 3 is 2.63 bits per heavy atom. The van der Waals surface area contributed by atoms with Crippen LogP contribution in [0.2, 0.25) is 0 Å². The highest BCUT2D eigenvalue weighted by molar-refractivity contribution is 9.10. The summed E-state index contributed by atoms with van der Waals surface area (Å²) in [5.74, 6) is 0.903. The summed E-state index contributed by atoms with van der Waals surface area (Å²) < 4.78 is 11.8. The Balaban J connectivity index is 2.09. The number of benzene rings is 1. The summed E-state index contributed by atoms with van der Waals surface area (Å²) in [4.78, 5) is 12.0. The normalized spacial score (nSPS) is 21.9. The van der Waals surface area contributed by atoms with Gasteiger partial charge in [0.1, 0.15) is 11.4 Å². The zero-order chi connectivity index (χ0) is 14.2. The molecule has 2 atom stereocenters. The van der Waals surface area contributed by atoms with Crippen molar-refractivity contribution < 1.29 is 14.3 Å². The van der Waals surface area contributed by atoms with Crippen molar-refractivity contribution in [3.05, 3.63) is 28.2 Å². The number of halogens is 1. The first-order valence-electron chi connectivity index (χ1n) is 6.38. The topological polar surface area (TPSA) is 35.5 Å². The van der Waals surface area contributed by atoms with Crippen LogP contribution in [0.5, 0.6) is 5.75 Å². The number of hydrogen-bond acceptors (Lipinski definition) is 3. The van der Waals surface area contributed by atoms with Crippen molar-refractivity contribution in [2.45, 2.75) is 38.7 Å². The Morgan fingerprint density at radius 2 is 2.05 bits per heavy atom. The minimum absolute atomic E-state index is 0.0331. The summed E-state index contributed by atoms with van der Waals surface area (Å²) in [6, 6.07) is 5.92. The zero-order valence-corrected chi connectivity index (χ0v) is 13.3. The van der Waals surface area contributed by atoms with Gasteiger partial charge in [0.2, 0.25) is 0 Å². The van der Waals surface area contributed by atoms with Gasteiger partial charge in [-0.05, 0) is 44.9 Å². The van der Waals surface area contributed by atoms with Gasteiger partial charge in [-0.15, -0.1) is 0 Å². The van der Waals surface area contributed by atoms with E-state index >= 15 is 0 Å². The maximum absolute atomic E-state index is 12.0. The van der Waals surface area contributed by atoms with Crippen LogP contribution in [0.25, 0.3) is 0 Å². The summed E-state index contributed by atoms with van der Waals surface area (Å²) in [5.41, 5.74) is 0.662. The van der Waals surface area contributed by atoms with Crippen molar-refractivity contribution >= 4 is 21.9 Å². The molecule has 1 aromatic carbocycles. The third-order valence-electron chi connectivity index (χ3n) is 3.09. The lowest BCUT2D eigenvalue weighted by Gasteiger charge is -2.19. The van der Waals surface area contributed by atoms with Crippen LogP contribution in [-0.2, 0) is 9.53 Å². The van der Waals surface area contributed by atoms with Gasteiger partial charge in [0.05, 0.1) is 13.0 Å². The lowest BCUT2D eigenvalue weighted by atomic mass is 10.1.